The van der Waals surface area contributed by atoms with Gasteiger partial charge in [-0.25, -0.2) is 8.42 Å². The first kappa shape index (κ1) is 29.1. The van der Waals surface area contributed by atoms with Gasteiger partial charge in [0.1, 0.15) is 0 Å². The van der Waals surface area contributed by atoms with Gasteiger partial charge in [-0.15, -0.1) is 0 Å². The molecule has 1 aliphatic heterocycles. The molecule has 3 N–H and O–H groups in total. The average molecular weight is 583 g/mol. The molecule has 3 aromatic rings. The second kappa shape index (κ2) is 12.1. The SMILES string of the molecule is CN(C)CCCN(c1ccc(NC(=C2C(=O)Nc3cc(Cl)ccc32)c2cccc(CC(=O)O)c2)cc1)S(C)(=O)=O. The second-order valence-corrected chi connectivity index (χ2v) is 12.2. The lowest BCUT2D eigenvalue weighted by atomic mass is 9.98. The van der Waals surface area contributed by atoms with Gasteiger partial charge >= 0.3 is 5.97 Å². The number of carbonyl (C=O) groups is 2. The van der Waals surface area contributed by atoms with Crippen LogP contribution < -0.4 is 14.9 Å². The Labute approximate surface area is 239 Å². The summed E-state index contributed by atoms with van der Waals surface area (Å²) in [5.41, 5.74) is 4.43. The highest BCUT2D eigenvalue weighted by Gasteiger charge is 2.29. The zero-order valence-corrected chi connectivity index (χ0v) is 24.0. The van der Waals surface area contributed by atoms with Gasteiger partial charge in [0.15, 0.2) is 0 Å². The molecule has 210 valence electrons. The lowest BCUT2D eigenvalue weighted by molar-refractivity contribution is -0.136. The van der Waals surface area contributed by atoms with Crippen molar-refractivity contribution in [3.63, 3.8) is 0 Å². The molecule has 0 unspecified atom stereocenters. The molecule has 4 rings (SSSR count). The Balaban J connectivity index is 1.74. The van der Waals surface area contributed by atoms with Gasteiger partial charge in [-0.3, -0.25) is 13.9 Å². The molecule has 0 saturated carbocycles. The fourth-order valence-corrected chi connectivity index (χ4v) is 5.69. The molecule has 1 heterocycles. The zero-order valence-electron chi connectivity index (χ0n) is 22.4. The third-order valence-corrected chi connectivity index (χ3v) is 7.77. The minimum absolute atomic E-state index is 0.168. The molecular weight excluding hydrogens is 552 g/mol. The summed E-state index contributed by atoms with van der Waals surface area (Å²) in [7, 11) is 0.380. The van der Waals surface area contributed by atoms with Gasteiger partial charge < -0.3 is 20.6 Å². The third kappa shape index (κ3) is 7.01. The van der Waals surface area contributed by atoms with Crippen LogP contribution >= 0.6 is 11.6 Å². The van der Waals surface area contributed by atoms with E-state index in [-0.39, 0.29) is 12.3 Å². The van der Waals surface area contributed by atoms with E-state index < -0.39 is 16.0 Å². The number of hydrogen-bond donors (Lipinski definition) is 3. The number of amides is 1. The van der Waals surface area contributed by atoms with E-state index in [9.17, 15) is 23.1 Å². The maximum Gasteiger partial charge on any atom is 0.307 e. The summed E-state index contributed by atoms with van der Waals surface area (Å²) < 4.78 is 26.4. The molecule has 9 nitrogen and oxygen atoms in total. The number of nitrogens with zero attached hydrogens (tertiary/aromatic N) is 2. The van der Waals surface area contributed by atoms with Crippen molar-refractivity contribution in [2.75, 3.05) is 48.4 Å². The molecule has 0 spiro atoms. The number of hydrogen-bond acceptors (Lipinski definition) is 6. The monoisotopic (exact) mass is 582 g/mol. The van der Waals surface area contributed by atoms with E-state index in [1.807, 2.05) is 19.0 Å². The van der Waals surface area contributed by atoms with Crippen molar-refractivity contribution in [3.05, 3.63) is 88.4 Å². The summed E-state index contributed by atoms with van der Waals surface area (Å²) >= 11 is 6.15. The molecule has 0 saturated heterocycles. The van der Waals surface area contributed by atoms with Gasteiger partial charge in [-0.05, 0) is 80.7 Å². The summed E-state index contributed by atoms with van der Waals surface area (Å²) in [6, 6.07) is 19.0. The molecule has 3 aromatic carbocycles. The number of aliphatic carboxylic acids is 1. The molecule has 0 atom stereocenters. The first-order valence-electron chi connectivity index (χ1n) is 12.6. The van der Waals surface area contributed by atoms with Crippen molar-refractivity contribution in [1.82, 2.24) is 4.90 Å². The quantitative estimate of drug-likeness (QED) is 0.282. The minimum Gasteiger partial charge on any atom is -0.481 e. The van der Waals surface area contributed by atoms with Crippen LogP contribution in [-0.4, -0.2) is 63.7 Å². The summed E-state index contributed by atoms with van der Waals surface area (Å²) in [5, 5.41) is 16.0. The van der Waals surface area contributed by atoms with E-state index in [1.165, 1.54) is 10.6 Å². The van der Waals surface area contributed by atoms with Crippen molar-refractivity contribution in [2.45, 2.75) is 12.8 Å². The van der Waals surface area contributed by atoms with Crippen molar-refractivity contribution in [2.24, 2.45) is 0 Å². The van der Waals surface area contributed by atoms with Crippen molar-refractivity contribution >= 4 is 61.8 Å². The van der Waals surface area contributed by atoms with Gasteiger partial charge in [0.05, 0.1) is 35.3 Å². The van der Waals surface area contributed by atoms with Crippen LogP contribution in [0.15, 0.2) is 66.7 Å². The summed E-state index contributed by atoms with van der Waals surface area (Å²) in [5.74, 6) is -1.29. The summed E-state index contributed by atoms with van der Waals surface area (Å²) in [6.45, 7) is 1.09. The maximum absolute atomic E-state index is 13.2. The molecule has 0 aliphatic carbocycles. The second-order valence-electron chi connectivity index (χ2n) is 9.83. The highest BCUT2D eigenvalue weighted by Crippen LogP contribution is 2.39. The van der Waals surface area contributed by atoms with Crippen molar-refractivity contribution in [1.29, 1.82) is 0 Å². The highest BCUT2D eigenvalue weighted by molar-refractivity contribution is 7.92. The number of carboxylic acids is 1. The first-order chi connectivity index (χ1) is 18.9. The Morgan fingerprint density at radius 3 is 2.40 bits per heavy atom. The Bertz CT molecular complexity index is 1570. The van der Waals surface area contributed by atoms with Crippen LogP contribution in [0.5, 0.6) is 0 Å². The predicted molar refractivity (Wildman–Crippen MR) is 160 cm³/mol. The smallest absolute Gasteiger partial charge is 0.307 e. The van der Waals surface area contributed by atoms with Crippen LogP contribution in [-0.2, 0) is 26.0 Å². The molecule has 0 aromatic heterocycles. The summed E-state index contributed by atoms with van der Waals surface area (Å²) in [4.78, 5) is 26.5. The van der Waals surface area contributed by atoms with Crippen LogP contribution in [0.3, 0.4) is 0 Å². The minimum atomic E-state index is -3.49. The van der Waals surface area contributed by atoms with E-state index in [0.717, 1.165) is 6.54 Å². The molecule has 1 aliphatic rings. The first-order valence-corrected chi connectivity index (χ1v) is 14.8. The number of rotatable bonds is 11. The van der Waals surface area contributed by atoms with Gasteiger partial charge in [0.25, 0.3) is 5.91 Å². The van der Waals surface area contributed by atoms with Crippen LogP contribution in [0.4, 0.5) is 17.1 Å². The fourth-order valence-electron chi connectivity index (χ4n) is 4.56. The Kier molecular flexibility index (Phi) is 8.82. The Hall–Kier alpha value is -3.86. The number of carbonyl (C=O) groups excluding carboxylic acids is 1. The molecule has 0 bridgehead atoms. The average Bonchev–Trinajstić information content (AvgIpc) is 3.19. The molecule has 0 fully saturated rings. The van der Waals surface area contributed by atoms with E-state index >= 15 is 0 Å². The molecule has 40 heavy (non-hydrogen) atoms. The van der Waals surface area contributed by atoms with Crippen molar-refractivity contribution in [3.8, 4) is 0 Å². The van der Waals surface area contributed by atoms with Crippen LogP contribution in [0.1, 0.15) is 23.1 Å². The number of halogens is 1. The number of fused-ring (bicyclic) bond motifs is 1. The normalized spacial score (nSPS) is 14.1. The number of nitrogens with one attached hydrogen (secondary N) is 2. The lowest BCUT2D eigenvalue weighted by Crippen LogP contribution is -2.32. The number of anilines is 3. The lowest BCUT2D eigenvalue weighted by Gasteiger charge is -2.24. The number of benzene rings is 3. The Morgan fingerprint density at radius 1 is 1.02 bits per heavy atom. The van der Waals surface area contributed by atoms with Gasteiger partial charge in [-0.1, -0.05) is 35.9 Å². The van der Waals surface area contributed by atoms with Crippen LogP contribution in [0.25, 0.3) is 11.3 Å². The van der Waals surface area contributed by atoms with E-state index in [4.69, 9.17) is 11.6 Å². The molecule has 1 amide bonds. The molecular formula is C29H31ClN4O5S. The van der Waals surface area contributed by atoms with Gasteiger partial charge in [0, 0.05) is 22.8 Å². The fraction of sp³-hybridized carbons (Fsp3) is 0.241. The van der Waals surface area contributed by atoms with Gasteiger partial charge in [0.2, 0.25) is 10.0 Å². The zero-order chi connectivity index (χ0) is 29.0. The summed E-state index contributed by atoms with van der Waals surface area (Å²) in [6.07, 6.45) is 1.68. The number of sulfonamides is 1. The van der Waals surface area contributed by atoms with Crippen molar-refractivity contribution < 1.29 is 23.1 Å². The largest absolute Gasteiger partial charge is 0.481 e. The maximum atomic E-state index is 13.2. The Morgan fingerprint density at radius 2 is 1.75 bits per heavy atom. The number of carboxylic acid groups (broad SMARTS) is 1. The van der Waals surface area contributed by atoms with E-state index in [1.54, 1.807) is 66.7 Å². The highest BCUT2D eigenvalue weighted by atomic mass is 35.5. The standard InChI is InChI=1S/C29H31ClN4O5S/c1-33(2)14-5-15-34(40(3,38)39)23-11-9-22(10-12-23)31-28(20-7-4-6-19(16-20)17-26(35)36)27-24-13-8-21(30)18-25(24)32-29(27)37/h4,6-13,16,18,31H,5,14-15,17H2,1-3H3,(H,32,37)(H,35,36). The van der Waals surface area contributed by atoms with Crippen LogP contribution in [0, 0.1) is 0 Å². The third-order valence-electron chi connectivity index (χ3n) is 6.34. The molecule has 11 heteroatoms. The molecule has 0 radical (unpaired) electrons. The van der Waals surface area contributed by atoms with E-state index in [0.29, 0.717) is 63.0 Å². The van der Waals surface area contributed by atoms with Crippen LogP contribution in [0.2, 0.25) is 5.02 Å². The van der Waals surface area contributed by atoms with Gasteiger partial charge in [-0.2, -0.15) is 0 Å². The predicted octanol–water partition coefficient (Wildman–Crippen LogP) is 4.62. The van der Waals surface area contributed by atoms with E-state index in [2.05, 4.69) is 10.6 Å². The topological polar surface area (TPSA) is 119 Å².